The van der Waals surface area contributed by atoms with E-state index in [1.54, 1.807) is 0 Å². The van der Waals surface area contributed by atoms with E-state index in [9.17, 15) is 0 Å². The van der Waals surface area contributed by atoms with Gasteiger partial charge in [0.25, 0.3) is 0 Å². The van der Waals surface area contributed by atoms with Crippen LogP contribution in [-0.2, 0) is 6.54 Å². The first-order valence-electron chi connectivity index (χ1n) is 4.66. The molecule has 6 nitrogen and oxygen atoms in total. The molecule has 0 radical (unpaired) electrons. The summed E-state index contributed by atoms with van der Waals surface area (Å²) in [7, 11) is 1.53. The molecule has 0 aromatic carbocycles. The van der Waals surface area contributed by atoms with Crippen molar-refractivity contribution in [2.24, 2.45) is 0 Å². The van der Waals surface area contributed by atoms with Crippen LogP contribution in [0.5, 0.6) is 5.88 Å². The van der Waals surface area contributed by atoms with E-state index in [1.165, 1.54) is 13.4 Å². The van der Waals surface area contributed by atoms with E-state index >= 15 is 0 Å². The van der Waals surface area contributed by atoms with Gasteiger partial charge in [0.05, 0.1) is 19.3 Å². The highest BCUT2D eigenvalue weighted by Crippen LogP contribution is 2.18. The first-order chi connectivity index (χ1) is 7.19. The number of aliphatic hydroxyl groups excluding tert-OH is 1. The van der Waals surface area contributed by atoms with Crippen molar-refractivity contribution in [1.82, 2.24) is 15.3 Å². The number of hydrogen-bond acceptors (Lipinski definition) is 6. The Labute approximate surface area is 88.5 Å². The van der Waals surface area contributed by atoms with Crippen LogP contribution in [0.4, 0.5) is 5.82 Å². The maximum absolute atomic E-state index is 8.85. The normalized spacial score (nSPS) is 12.5. The lowest BCUT2D eigenvalue weighted by molar-refractivity contribution is 0.250. The molecular weight excluding hydrogens is 196 g/mol. The molecule has 0 fully saturated rings. The molecule has 0 aliphatic heterocycles. The summed E-state index contributed by atoms with van der Waals surface area (Å²) in [4.78, 5) is 7.82. The molecule has 0 unspecified atom stereocenters. The largest absolute Gasteiger partial charge is 0.481 e. The fourth-order valence-electron chi connectivity index (χ4n) is 1.09. The van der Waals surface area contributed by atoms with Crippen LogP contribution in [0.25, 0.3) is 0 Å². The average molecular weight is 212 g/mol. The second kappa shape index (κ2) is 5.47. The van der Waals surface area contributed by atoms with Crippen LogP contribution < -0.4 is 15.8 Å². The Hall–Kier alpha value is -1.40. The number of methoxy groups -OCH3 is 1. The van der Waals surface area contributed by atoms with Gasteiger partial charge in [-0.25, -0.2) is 9.97 Å². The Balaban J connectivity index is 2.74. The number of aliphatic hydroxyl groups is 1. The summed E-state index contributed by atoms with van der Waals surface area (Å²) >= 11 is 0. The van der Waals surface area contributed by atoms with Gasteiger partial charge in [-0.3, -0.25) is 0 Å². The van der Waals surface area contributed by atoms with Gasteiger partial charge in [-0.2, -0.15) is 0 Å². The van der Waals surface area contributed by atoms with E-state index < -0.39 is 0 Å². The first kappa shape index (κ1) is 11.7. The van der Waals surface area contributed by atoms with Crippen molar-refractivity contribution < 1.29 is 9.84 Å². The predicted octanol–water partition coefficient (Wildman–Crippen LogP) is -0.462. The maximum Gasteiger partial charge on any atom is 0.222 e. The lowest BCUT2D eigenvalue weighted by Gasteiger charge is -2.13. The van der Waals surface area contributed by atoms with Crippen molar-refractivity contribution >= 4 is 5.82 Å². The molecule has 1 aromatic rings. The standard InChI is InChI=1S/C9H16N4O2/c1-6(4-14)11-3-7-8(10)12-5-13-9(7)15-2/h5-6,11,14H,3-4H2,1-2H3,(H2,10,12,13)/t6-/m1/s1. The number of nitrogen functional groups attached to an aromatic ring is 1. The number of ether oxygens (including phenoxy) is 1. The van der Waals surface area contributed by atoms with E-state index in [1.807, 2.05) is 6.92 Å². The van der Waals surface area contributed by atoms with Gasteiger partial charge in [-0.1, -0.05) is 0 Å². The predicted molar refractivity (Wildman–Crippen MR) is 56.4 cm³/mol. The average Bonchev–Trinajstić information content (AvgIpc) is 2.26. The smallest absolute Gasteiger partial charge is 0.222 e. The molecular formula is C9H16N4O2. The van der Waals surface area contributed by atoms with Gasteiger partial charge in [-0.05, 0) is 6.92 Å². The molecule has 1 atom stereocenters. The second-order valence-electron chi connectivity index (χ2n) is 3.21. The van der Waals surface area contributed by atoms with Crippen LogP contribution >= 0.6 is 0 Å². The molecule has 0 spiro atoms. The van der Waals surface area contributed by atoms with Crippen LogP contribution in [0.15, 0.2) is 6.33 Å². The third-order valence-corrected chi connectivity index (χ3v) is 2.03. The highest BCUT2D eigenvalue weighted by atomic mass is 16.5. The quantitative estimate of drug-likeness (QED) is 0.611. The number of rotatable bonds is 5. The van der Waals surface area contributed by atoms with Gasteiger partial charge in [0.15, 0.2) is 0 Å². The summed E-state index contributed by atoms with van der Waals surface area (Å²) in [6, 6.07) is -0.00527. The van der Waals surface area contributed by atoms with Gasteiger partial charge in [0.2, 0.25) is 5.88 Å². The fraction of sp³-hybridized carbons (Fsp3) is 0.556. The number of aromatic nitrogens is 2. The summed E-state index contributed by atoms with van der Waals surface area (Å²) in [5.41, 5.74) is 6.40. The molecule has 0 amide bonds. The van der Waals surface area contributed by atoms with Crippen molar-refractivity contribution in [2.75, 3.05) is 19.5 Å². The van der Waals surface area contributed by atoms with Crippen molar-refractivity contribution in [3.8, 4) is 5.88 Å². The van der Waals surface area contributed by atoms with Crippen LogP contribution in [0, 0.1) is 0 Å². The Morgan fingerprint density at radius 3 is 2.93 bits per heavy atom. The van der Waals surface area contributed by atoms with Gasteiger partial charge < -0.3 is 20.9 Å². The second-order valence-corrected chi connectivity index (χ2v) is 3.21. The van der Waals surface area contributed by atoms with Crippen molar-refractivity contribution in [3.05, 3.63) is 11.9 Å². The summed E-state index contributed by atoms with van der Waals surface area (Å²) in [6.45, 7) is 2.40. The molecule has 1 rings (SSSR count). The third-order valence-electron chi connectivity index (χ3n) is 2.03. The highest BCUT2D eigenvalue weighted by Gasteiger charge is 2.10. The molecule has 0 saturated heterocycles. The van der Waals surface area contributed by atoms with E-state index in [2.05, 4.69) is 15.3 Å². The van der Waals surface area contributed by atoms with Gasteiger partial charge in [-0.15, -0.1) is 0 Å². The minimum atomic E-state index is -0.00527. The molecule has 84 valence electrons. The van der Waals surface area contributed by atoms with Crippen LogP contribution in [0.2, 0.25) is 0 Å². The Morgan fingerprint density at radius 1 is 1.60 bits per heavy atom. The van der Waals surface area contributed by atoms with Gasteiger partial charge in [0, 0.05) is 12.6 Å². The molecule has 1 heterocycles. The molecule has 0 saturated carbocycles. The minimum absolute atomic E-state index is 0.00527. The lowest BCUT2D eigenvalue weighted by Crippen LogP contribution is -2.29. The van der Waals surface area contributed by atoms with Gasteiger partial charge >= 0.3 is 0 Å². The zero-order valence-corrected chi connectivity index (χ0v) is 8.90. The minimum Gasteiger partial charge on any atom is -0.481 e. The molecule has 4 N–H and O–H groups in total. The molecule has 0 bridgehead atoms. The molecule has 0 aliphatic carbocycles. The van der Waals surface area contributed by atoms with Crippen LogP contribution in [-0.4, -0.2) is 34.8 Å². The Kier molecular flexibility index (Phi) is 4.26. The number of anilines is 1. The monoisotopic (exact) mass is 212 g/mol. The maximum atomic E-state index is 8.85. The first-order valence-corrected chi connectivity index (χ1v) is 4.66. The summed E-state index contributed by atoms with van der Waals surface area (Å²) in [5, 5.41) is 11.9. The van der Waals surface area contributed by atoms with E-state index in [0.717, 1.165) is 0 Å². The summed E-state index contributed by atoms with van der Waals surface area (Å²) < 4.78 is 5.06. The number of nitrogens with zero attached hydrogens (tertiary/aromatic N) is 2. The highest BCUT2D eigenvalue weighted by molar-refractivity contribution is 5.44. The van der Waals surface area contributed by atoms with E-state index in [0.29, 0.717) is 23.8 Å². The van der Waals surface area contributed by atoms with E-state index in [4.69, 9.17) is 15.6 Å². The zero-order valence-electron chi connectivity index (χ0n) is 8.90. The number of nitrogens with one attached hydrogen (secondary N) is 1. The third kappa shape index (κ3) is 3.03. The molecule has 15 heavy (non-hydrogen) atoms. The zero-order chi connectivity index (χ0) is 11.3. The summed E-state index contributed by atoms with van der Waals surface area (Å²) in [6.07, 6.45) is 1.35. The van der Waals surface area contributed by atoms with Crippen LogP contribution in [0.1, 0.15) is 12.5 Å². The lowest BCUT2D eigenvalue weighted by atomic mass is 10.2. The molecule has 6 heteroatoms. The van der Waals surface area contributed by atoms with Crippen LogP contribution in [0.3, 0.4) is 0 Å². The van der Waals surface area contributed by atoms with Crippen molar-refractivity contribution in [2.45, 2.75) is 19.5 Å². The van der Waals surface area contributed by atoms with Crippen molar-refractivity contribution in [3.63, 3.8) is 0 Å². The summed E-state index contributed by atoms with van der Waals surface area (Å²) in [5.74, 6) is 0.847. The Morgan fingerprint density at radius 2 is 2.33 bits per heavy atom. The number of nitrogens with two attached hydrogens (primary N) is 1. The SMILES string of the molecule is COc1ncnc(N)c1CN[C@H](C)CO. The molecule has 0 aliphatic rings. The fourth-order valence-corrected chi connectivity index (χ4v) is 1.09. The van der Waals surface area contributed by atoms with Gasteiger partial charge in [0.1, 0.15) is 12.1 Å². The Bertz CT molecular complexity index is 319. The topological polar surface area (TPSA) is 93.3 Å². The van der Waals surface area contributed by atoms with E-state index in [-0.39, 0.29) is 12.6 Å². The van der Waals surface area contributed by atoms with Crippen molar-refractivity contribution in [1.29, 1.82) is 0 Å². The molecule has 1 aromatic heterocycles. The number of hydrogen-bond donors (Lipinski definition) is 3.